The van der Waals surface area contributed by atoms with Crippen LogP contribution < -0.4 is 15.4 Å². The summed E-state index contributed by atoms with van der Waals surface area (Å²) in [6.45, 7) is 1.05. The van der Waals surface area contributed by atoms with E-state index < -0.39 is 17.8 Å². The number of anilines is 2. The van der Waals surface area contributed by atoms with E-state index in [9.17, 15) is 18.3 Å². The number of piperidine rings is 1. The van der Waals surface area contributed by atoms with E-state index in [-0.39, 0.29) is 17.5 Å². The molecule has 10 heteroatoms. The highest BCUT2D eigenvalue weighted by Gasteiger charge is 2.35. The van der Waals surface area contributed by atoms with Crippen LogP contribution in [0.3, 0.4) is 0 Å². The first-order chi connectivity index (χ1) is 15.2. The predicted molar refractivity (Wildman–Crippen MR) is 117 cm³/mol. The van der Waals surface area contributed by atoms with Gasteiger partial charge in [-0.3, -0.25) is 0 Å². The van der Waals surface area contributed by atoms with E-state index in [1.165, 1.54) is 13.2 Å². The van der Waals surface area contributed by atoms with Gasteiger partial charge in [0.2, 0.25) is 0 Å². The van der Waals surface area contributed by atoms with Gasteiger partial charge in [-0.2, -0.15) is 18.3 Å². The summed E-state index contributed by atoms with van der Waals surface area (Å²) in [6, 6.07) is 7.51. The number of hydrogen-bond donors (Lipinski definition) is 2. The lowest BCUT2D eigenvalue weighted by atomic mass is 9.98. The van der Waals surface area contributed by atoms with Crippen molar-refractivity contribution >= 4 is 33.9 Å². The zero-order valence-corrected chi connectivity index (χ0v) is 18.0. The predicted octanol–water partition coefficient (Wildman–Crippen LogP) is 4.44. The lowest BCUT2D eigenvalue weighted by Crippen LogP contribution is -2.36. The van der Waals surface area contributed by atoms with Crippen molar-refractivity contribution < 1.29 is 23.0 Å². The van der Waals surface area contributed by atoms with E-state index >= 15 is 0 Å². The van der Waals surface area contributed by atoms with E-state index in [1.807, 2.05) is 4.90 Å². The van der Waals surface area contributed by atoms with Crippen molar-refractivity contribution in [2.75, 3.05) is 30.8 Å². The molecule has 0 saturated carbocycles. The van der Waals surface area contributed by atoms with Gasteiger partial charge in [0.15, 0.2) is 5.82 Å². The molecule has 32 heavy (non-hydrogen) atoms. The molecule has 1 saturated heterocycles. The van der Waals surface area contributed by atoms with Crippen molar-refractivity contribution in [1.82, 2.24) is 10.2 Å². The van der Waals surface area contributed by atoms with Gasteiger partial charge in [0.1, 0.15) is 5.75 Å². The average molecular weight is 467 g/mol. The van der Waals surface area contributed by atoms with Gasteiger partial charge in [-0.25, -0.2) is 0 Å². The quantitative estimate of drug-likeness (QED) is 0.553. The first kappa shape index (κ1) is 22.4. The molecule has 1 aromatic heterocycles. The molecule has 0 aliphatic carbocycles. The number of aromatic nitrogens is 2. The second kappa shape index (κ2) is 8.63. The Hall–Kier alpha value is -2.78. The maximum absolute atomic E-state index is 13.6. The molecule has 2 aromatic carbocycles. The van der Waals surface area contributed by atoms with Crippen LogP contribution in [0.25, 0.3) is 10.8 Å². The van der Waals surface area contributed by atoms with Crippen molar-refractivity contribution in [3.63, 3.8) is 0 Å². The molecule has 6 nitrogen and oxygen atoms in total. The number of benzene rings is 2. The number of aliphatic hydroxyl groups excluding tert-OH is 1. The van der Waals surface area contributed by atoms with Crippen molar-refractivity contribution in [2.45, 2.75) is 31.5 Å². The first-order valence-corrected chi connectivity index (χ1v) is 10.5. The molecule has 170 valence electrons. The maximum Gasteiger partial charge on any atom is 0.418 e. The molecule has 4 rings (SSSR count). The summed E-state index contributed by atoms with van der Waals surface area (Å²) in [6.07, 6.45) is -3.71. The number of halogens is 4. The standard InChI is InChI=1S/C22H22ClF3N4O2/c1-32-18-5-2-12(10-16(18)23)11-17-19-14(3-4-15(20(19)27)22(24,25)26)21(29-28-17)30-8-6-13(31)7-9-30/h2-5,10,13,31H,6-9,11,27H2,1H3. The van der Waals surface area contributed by atoms with Gasteiger partial charge in [0.25, 0.3) is 0 Å². The summed E-state index contributed by atoms with van der Waals surface area (Å²) in [7, 11) is 1.50. The second-order valence-corrected chi connectivity index (χ2v) is 8.19. The van der Waals surface area contributed by atoms with E-state index in [4.69, 9.17) is 22.1 Å². The van der Waals surface area contributed by atoms with Crippen molar-refractivity contribution in [1.29, 1.82) is 0 Å². The number of ether oxygens (including phenoxy) is 1. The fourth-order valence-electron chi connectivity index (χ4n) is 4.02. The molecular formula is C22H22ClF3N4O2. The Morgan fingerprint density at radius 2 is 1.91 bits per heavy atom. The molecule has 0 atom stereocenters. The summed E-state index contributed by atoms with van der Waals surface area (Å²) in [4.78, 5) is 1.92. The van der Waals surface area contributed by atoms with Crippen molar-refractivity contribution in [3.05, 3.63) is 52.2 Å². The number of aliphatic hydroxyl groups is 1. The van der Waals surface area contributed by atoms with Crippen LogP contribution >= 0.6 is 11.6 Å². The smallest absolute Gasteiger partial charge is 0.418 e. The Kier molecular flexibility index (Phi) is 6.05. The molecule has 3 aromatic rings. The highest BCUT2D eigenvalue weighted by atomic mass is 35.5. The normalized spacial score (nSPS) is 15.4. The highest BCUT2D eigenvalue weighted by molar-refractivity contribution is 6.32. The minimum Gasteiger partial charge on any atom is -0.495 e. The van der Waals surface area contributed by atoms with E-state index in [1.54, 1.807) is 18.2 Å². The van der Waals surface area contributed by atoms with Crippen LogP contribution in [0.2, 0.25) is 5.02 Å². The molecule has 0 unspecified atom stereocenters. The topological polar surface area (TPSA) is 84.5 Å². The van der Waals surface area contributed by atoms with E-state index in [0.717, 1.165) is 11.6 Å². The van der Waals surface area contributed by atoms with Crippen molar-refractivity contribution in [3.8, 4) is 5.75 Å². The third-order valence-corrected chi connectivity index (χ3v) is 5.99. The third kappa shape index (κ3) is 4.27. The van der Waals surface area contributed by atoms with Gasteiger partial charge in [0.05, 0.1) is 35.2 Å². The van der Waals surface area contributed by atoms with E-state index in [0.29, 0.717) is 53.6 Å². The number of nitrogens with zero attached hydrogens (tertiary/aromatic N) is 3. The van der Waals surface area contributed by atoms with Crippen molar-refractivity contribution in [2.24, 2.45) is 0 Å². The Bertz CT molecular complexity index is 1150. The van der Waals surface area contributed by atoms with Crippen LogP contribution in [0.1, 0.15) is 29.7 Å². The van der Waals surface area contributed by atoms with Crippen LogP contribution in [0, 0.1) is 0 Å². The number of hydrogen-bond acceptors (Lipinski definition) is 6. The molecule has 0 radical (unpaired) electrons. The van der Waals surface area contributed by atoms with Gasteiger partial charge >= 0.3 is 6.18 Å². The second-order valence-electron chi connectivity index (χ2n) is 7.78. The Labute approximate surface area is 187 Å². The highest BCUT2D eigenvalue weighted by Crippen LogP contribution is 2.41. The molecule has 1 aliphatic rings. The summed E-state index contributed by atoms with van der Waals surface area (Å²) in [5.74, 6) is 0.955. The summed E-state index contributed by atoms with van der Waals surface area (Å²) in [5.41, 5.74) is 5.83. The molecule has 3 N–H and O–H groups in total. The lowest BCUT2D eigenvalue weighted by Gasteiger charge is -2.31. The average Bonchev–Trinajstić information content (AvgIpc) is 2.74. The van der Waals surface area contributed by atoms with Gasteiger partial charge in [0, 0.05) is 30.3 Å². The number of methoxy groups -OCH3 is 1. The number of alkyl halides is 3. The van der Waals surface area contributed by atoms with E-state index in [2.05, 4.69) is 10.2 Å². The molecular weight excluding hydrogens is 445 g/mol. The van der Waals surface area contributed by atoms with Gasteiger partial charge in [-0.15, -0.1) is 5.10 Å². The van der Waals surface area contributed by atoms with Gasteiger partial charge < -0.3 is 20.5 Å². The minimum absolute atomic E-state index is 0.192. The van der Waals surface area contributed by atoms with Gasteiger partial charge in [-0.05, 0) is 42.7 Å². The summed E-state index contributed by atoms with van der Waals surface area (Å²) >= 11 is 6.21. The van der Waals surface area contributed by atoms with Crippen LogP contribution in [0.4, 0.5) is 24.7 Å². The molecule has 0 amide bonds. The SMILES string of the molecule is COc1ccc(Cc2nnc(N3CCC(O)CC3)c3ccc(C(F)(F)F)c(N)c23)cc1Cl. The fourth-order valence-corrected chi connectivity index (χ4v) is 4.30. The number of nitrogens with two attached hydrogens (primary N) is 1. The number of nitrogen functional groups attached to an aromatic ring is 1. The zero-order valence-electron chi connectivity index (χ0n) is 17.3. The van der Waals surface area contributed by atoms with Crippen LogP contribution in [-0.2, 0) is 12.6 Å². The number of fused-ring (bicyclic) bond motifs is 1. The fraction of sp³-hybridized carbons (Fsp3) is 0.364. The summed E-state index contributed by atoms with van der Waals surface area (Å²) < 4.78 is 45.9. The Morgan fingerprint density at radius 1 is 1.19 bits per heavy atom. The Morgan fingerprint density at radius 3 is 2.53 bits per heavy atom. The molecule has 0 spiro atoms. The van der Waals surface area contributed by atoms with Crippen LogP contribution in [-0.4, -0.2) is 41.6 Å². The third-order valence-electron chi connectivity index (χ3n) is 5.70. The Balaban J connectivity index is 1.85. The lowest BCUT2D eigenvalue weighted by molar-refractivity contribution is -0.136. The van der Waals surface area contributed by atoms with Crippen LogP contribution in [0.15, 0.2) is 30.3 Å². The molecule has 1 aliphatic heterocycles. The summed E-state index contributed by atoms with van der Waals surface area (Å²) in [5, 5.41) is 19.5. The monoisotopic (exact) mass is 466 g/mol. The molecule has 0 bridgehead atoms. The largest absolute Gasteiger partial charge is 0.495 e. The molecule has 2 heterocycles. The van der Waals surface area contributed by atoms with Crippen LogP contribution in [0.5, 0.6) is 5.75 Å². The minimum atomic E-state index is -4.60. The maximum atomic E-state index is 13.6. The van der Waals surface area contributed by atoms with Gasteiger partial charge in [-0.1, -0.05) is 17.7 Å². The molecule has 1 fully saturated rings. The first-order valence-electron chi connectivity index (χ1n) is 10.1. The number of rotatable bonds is 4. The zero-order chi connectivity index (χ0) is 23.0.